The number of pyridine rings is 1. The summed E-state index contributed by atoms with van der Waals surface area (Å²) in [4.78, 5) is 13.4. The summed E-state index contributed by atoms with van der Waals surface area (Å²) in [5.74, 6) is 1.77. The van der Waals surface area contributed by atoms with Crippen molar-refractivity contribution in [3.63, 3.8) is 0 Å². The second-order valence-corrected chi connectivity index (χ2v) is 7.70. The molecule has 0 saturated heterocycles. The van der Waals surface area contributed by atoms with E-state index in [1.54, 1.807) is 18.6 Å². The average molecular weight is 407 g/mol. The zero-order valence-corrected chi connectivity index (χ0v) is 16.6. The molecule has 11 heteroatoms. The minimum Gasteiger partial charge on any atom is -0.423 e. The third-order valence-corrected chi connectivity index (χ3v) is 5.13. The van der Waals surface area contributed by atoms with Gasteiger partial charge in [-0.2, -0.15) is 10.1 Å². The smallest absolute Gasteiger partial charge is 0.252 e. The fraction of sp³-hybridized carbons (Fsp3) is 0.368. The Kier molecular flexibility index (Phi) is 4.31. The molecule has 1 aliphatic carbocycles. The molecule has 11 nitrogen and oxygen atoms in total. The van der Waals surface area contributed by atoms with Crippen LogP contribution in [0.25, 0.3) is 22.4 Å². The standard InChI is InChI=1S/C19H21N9O2/c1-11(2)28-14-5-15(20-6-12(14)7-23-28)24-18-21-8-13(17-27-22-10-30-17)16(25-18)26-19(9-29)3-4-19/h5-8,10-11,29H,3-4,9H2,1-2H3,(H2,20,21,24,25,26). The Morgan fingerprint density at radius 1 is 1.23 bits per heavy atom. The number of hydrogen-bond donors (Lipinski definition) is 3. The number of nitrogens with one attached hydrogen (secondary N) is 2. The average Bonchev–Trinajstić information content (AvgIpc) is 3.14. The summed E-state index contributed by atoms with van der Waals surface area (Å²) in [6, 6.07) is 2.15. The number of fused-ring (bicyclic) bond motifs is 1. The van der Waals surface area contributed by atoms with E-state index in [2.05, 4.69) is 54.7 Å². The first kappa shape index (κ1) is 18.4. The summed E-state index contributed by atoms with van der Waals surface area (Å²) < 4.78 is 7.25. The third kappa shape index (κ3) is 3.32. The van der Waals surface area contributed by atoms with Crippen LogP contribution in [0.5, 0.6) is 0 Å². The molecule has 0 unspecified atom stereocenters. The van der Waals surface area contributed by atoms with Gasteiger partial charge in [-0.05, 0) is 26.7 Å². The molecule has 4 heterocycles. The molecular formula is C19H21N9O2. The Bertz CT molecular complexity index is 1180. The maximum atomic E-state index is 9.70. The van der Waals surface area contributed by atoms with Crippen LogP contribution in [-0.2, 0) is 0 Å². The predicted octanol–water partition coefficient (Wildman–Crippen LogP) is 2.53. The maximum absolute atomic E-state index is 9.70. The fourth-order valence-corrected chi connectivity index (χ4v) is 3.24. The number of anilines is 3. The van der Waals surface area contributed by atoms with Gasteiger partial charge in [0.15, 0.2) is 0 Å². The molecule has 3 N–H and O–H groups in total. The third-order valence-electron chi connectivity index (χ3n) is 5.13. The number of nitrogens with zero attached hydrogens (tertiary/aromatic N) is 7. The number of hydrogen-bond acceptors (Lipinski definition) is 10. The van der Waals surface area contributed by atoms with Gasteiger partial charge in [-0.3, -0.25) is 4.68 Å². The van der Waals surface area contributed by atoms with Crippen LogP contribution in [0.3, 0.4) is 0 Å². The summed E-state index contributed by atoms with van der Waals surface area (Å²) >= 11 is 0. The highest BCUT2D eigenvalue weighted by Crippen LogP contribution is 2.40. The van der Waals surface area contributed by atoms with Crippen molar-refractivity contribution in [1.29, 1.82) is 0 Å². The molecule has 1 saturated carbocycles. The van der Waals surface area contributed by atoms with Crippen molar-refractivity contribution in [1.82, 2.24) is 34.9 Å². The van der Waals surface area contributed by atoms with E-state index in [4.69, 9.17) is 4.42 Å². The molecular weight excluding hydrogens is 386 g/mol. The van der Waals surface area contributed by atoms with E-state index in [0.29, 0.717) is 29.0 Å². The first-order chi connectivity index (χ1) is 14.6. The molecule has 0 bridgehead atoms. The van der Waals surface area contributed by atoms with Crippen LogP contribution in [0.1, 0.15) is 32.7 Å². The second kappa shape index (κ2) is 7.02. The van der Waals surface area contributed by atoms with Crippen LogP contribution in [0.4, 0.5) is 17.6 Å². The highest BCUT2D eigenvalue weighted by atomic mass is 16.4. The molecule has 4 aromatic heterocycles. The molecule has 0 atom stereocenters. The van der Waals surface area contributed by atoms with E-state index in [1.165, 1.54) is 6.39 Å². The number of rotatable bonds is 7. The topological polar surface area (TPSA) is 140 Å². The number of aliphatic hydroxyl groups is 1. The summed E-state index contributed by atoms with van der Waals surface area (Å²) in [7, 11) is 0. The lowest BCUT2D eigenvalue weighted by Gasteiger charge is -2.17. The molecule has 30 heavy (non-hydrogen) atoms. The first-order valence-corrected chi connectivity index (χ1v) is 9.70. The quantitative estimate of drug-likeness (QED) is 0.418. The molecule has 0 aromatic carbocycles. The van der Waals surface area contributed by atoms with Gasteiger partial charge in [0.1, 0.15) is 11.6 Å². The summed E-state index contributed by atoms with van der Waals surface area (Å²) in [6.45, 7) is 4.17. The lowest BCUT2D eigenvalue weighted by molar-refractivity contribution is 0.266. The Morgan fingerprint density at radius 2 is 2.10 bits per heavy atom. The molecule has 0 radical (unpaired) electrons. The predicted molar refractivity (Wildman–Crippen MR) is 109 cm³/mol. The van der Waals surface area contributed by atoms with E-state index < -0.39 is 0 Å². The van der Waals surface area contributed by atoms with Gasteiger partial charge in [-0.25, -0.2) is 9.97 Å². The normalized spacial score (nSPS) is 14.9. The second-order valence-electron chi connectivity index (χ2n) is 7.70. The van der Waals surface area contributed by atoms with Crippen LogP contribution < -0.4 is 10.6 Å². The zero-order chi connectivity index (χ0) is 20.7. The number of aromatic nitrogens is 7. The summed E-state index contributed by atoms with van der Waals surface area (Å²) in [6.07, 6.45) is 8.14. The van der Waals surface area contributed by atoms with Gasteiger partial charge in [0.2, 0.25) is 12.3 Å². The fourth-order valence-electron chi connectivity index (χ4n) is 3.24. The van der Waals surface area contributed by atoms with Gasteiger partial charge < -0.3 is 20.2 Å². The van der Waals surface area contributed by atoms with Crippen molar-refractivity contribution in [2.45, 2.75) is 38.3 Å². The van der Waals surface area contributed by atoms with Crippen LogP contribution in [-0.4, -0.2) is 52.2 Å². The van der Waals surface area contributed by atoms with Gasteiger partial charge in [0, 0.05) is 29.9 Å². The molecule has 1 aliphatic rings. The van der Waals surface area contributed by atoms with Crippen molar-refractivity contribution in [3.05, 3.63) is 31.1 Å². The minimum absolute atomic E-state index is 0.0143. The van der Waals surface area contributed by atoms with E-state index in [0.717, 1.165) is 23.7 Å². The van der Waals surface area contributed by atoms with Crippen molar-refractivity contribution in [2.24, 2.45) is 0 Å². The zero-order valence-electron chi connectivity index (χ0n) is 16.6. The Morgan fingerprint density at radius 3 is 2.80 bits per heavy atom. The summed E-state index contributed by atoms with van der Waals surface area (Å²) in [5, 5.41) is 29.2. The lowest BCUT2D eigenvalue weighted by Crippen LogP contribution is -2.26. The van der Waals surface area contributed by atoms with Crippen molar-refractivity contribution >= 4 is 28.5 Å². The SMILES string of the molecule is CC(C)n1ncc2cnc(Nc3ncc(-c4nnco4)c(NC4(CO)CC4)n3)cc21. The molecule has 1 fully saturated rings. The van der Waals surface area contributed by atoms with Crippen molar-refractivity contribution < 1.29 is 9.52 Å². The van der Waals surface area contributed by atoms with Crippen LogP contribution >= 0.6 is 0 Å². The minimum atomic E-state index is -0.374. The van der Waals surface area contributed by atoms with Crippen molar-refractivity contribution in [2.75, 3.05) is 17.2 Å². The highest BCUT2D eigenvalue weighted by molar-refractivity contribution is 5.81. The molecule has 0 aliphatic heterocycles. The molecule has 0 spiro atoms. The van der Waals surface area contributed by atoms with E-state index in [1.807, 2.05) is 10.7 Å². The van der Waals surface area contributed by atoms with E-state index in [9.17, 15) is 5.11 Å². The van der Waals surface area contributed by atoms with Gasteiger partial charge in [-0.15, -0.1) is 10.2 Å². The van der Waals surface area contributed by atoms with Gasteiger partial charge >= 0.3 is 0 Å². The van der Waals surface area contributed by atoms with E-state index in [-0.39, 0.29) is 18.2 Å². The molecule has 0 amide bonds. The van der Waals surface area contributed by atoms with Gasteiger partial charge in [0.05, 0.1) is 29.4 Å². The first-order valence-electron chi connectivity index (χ1n) is 9.70. The van der Waals surface area contributed by atoms with E-state index >= 15 is 0 Å². The molecule has 4 aromatic rings. The molecule has 154 valence electrons. The monoisotopic (exact) mass is 407 g/mol. The van der Waals surface area contributed by atoms with Gasteiger partial charge in [-0.1, -0.05) is 0 Å². The van der Waals surface area contributed by atoms with Crippen LogP contribution in [0.15, 0.2) is 35.5 Å². The van der Waals surface area contributed by atoms with Crippen molar-refractivity contribution in [3.8, 4) is 11.5 Å². The van der Waals surface area contributed by atoms with Crippen LogP contribution in [0, 0.1) is 0 Å². The summed E-state index contributed by atoms with van der Waals surface area (Å²) in [5.41, 5.74) is 1.17. The number of aliphatic hydroxyl groups excluding tert-OH is 1. The maximum Gasteiger partial charge on any atom is 0.252 e. The Labute approximate surface area is 171 Å². The van der Waals surface area contributed by atoms with Gasteiger partial charge in [0.25, 0.3) is 5.89 Å². The Hall–Kier alpha value is -3.60. The highest BCUT2D eigenvalue weighted by Gasteiger charge is 2.43. The van der Waals surface area contributed by atoms with Crippen LogP contribution in [0.2, 0.25) is 0 Å². The lowest BCUT2D eigenvalue weighted by atomic mass is 10.2. The molecule has 5 rings (SSSR count). The Balaban J connectivity index is 1.49. The largest absolute Gasteiger partial charge is 0.423 e.